The molecule has 0 radical (unpaired) electrons. The molecular formula is C10H10N2O. The fraction of sp³-hybridized carbons (Fsp3) is 0.100. The van der Waals surface area contributed by atoms with Gasteiger partial charge in [0.2, 0.25) is 0 Å². The van der Waals surface area contributed by atoms with E-state index >= 15 is 0 Å². The summed E-state index contributed by atoms with van der Waals surface area (Å²) in [6, 6.07) is 7.19. The Kier molecular flexibility index (Phi) is 1.77. The molecule has 0 atom stereocenters. The molecule has 0 spiro atoms. The second-order valence-corrected chi connectivity index (χ2v) is 2.83. The molecule has 13 heavy (non-hydrogen) atoms. The number of nitrogens with zero attached hydrogens (tertiary/aromatic N) is 2. The normalized spacial score (nSPS) is 10.2. The maximum atomic E-state index is 9.56. The van der Waals surface area contributed by atoms with E-state index in [1.54, 1.807) is 18.3 Å². The monoisotopic (exact) mass is 174 g/mol. The van der Waals surface area contributed by atoms with Gasteiger partial charge in [0.05, 0.1) is 5.69 Å². The van der Waals surface area contributed by atoms with Crippen molar-refractivity contribution in [3.63, 3.8) is 0 Å². The van der Waals surface area contributed by atoms with Crippen LogP contribution in [-0.4, -0.2) is 14.7 Å². The van der Waals surface area contributed by atoms with Gasteiger partial charge in [-0.15, -0.1) is 0 Å². The van der Waals surface area contributed by atoms with Crippen LogP contribution < -0.4 is 0 Å². The summed E-state index contributed by atoms with van der Waals surface area (Å²) in [5.74, 6) is 1.13. The lowest BCUT2D eigenvalue weighted by molar-refractivity contribution is 0.472. The van der Waals surface area contributed by atoms with E-state index in [1.807, 2.05) is 29.8 Å². The van der Waals surface area contributed by atoms with Gasteiger partial charge in [-0.2, -0.15) is 0 Å². The second kappa shape index (κ2) is 2.94. The Morgan fingerprint density at radius 3 is 2.69 bits per heavy atom. The first-order valence-electron chi connectivity index (χ1n) is 4.07. The number of phenolic OH excluding ortho intramolecular Hbond substituents is 1. The predicted molar refractivity (Wildman–Crippen MR) is 50.0 cm³/mol. The number of hydrogen-bond acceptors (Lipinski definition) is 2. The van der Waals surface area contributed by atoms with Gasteiger partial charge >= 0.3 is 0 Å². The topological polar surface area (TPSA) is 38.0 Å². The quantitative estimate of drug-likeness (QED) is 0.716. The van der Waals surface area contributed by atoms with E-state index in [9.17, 15) is 5.11 Å². The average molecular weight is 174 g/mol. The zero-order valence-electron chi connectivity index (χ0n) is 7.31. The molecule has 0 aliphatic carbocycles. The van der Waals surface area contributed by atoms with Crippen molar-refractivity contribution in [2.24, 2.45) is 0 Å². The van der Waals surface area contributed by atoms with Crippen LogP contribution in [0.4, 0.5) is 0 Å². The summed E-state index contributed by atoms with van der Waals surface area (Å²) >= 11 is 0. The molecule has 3 nitrogen and oxygen atoms in total. The Labute approximate surface area is 76.3 Å². The highest BCUT2D eigenvalue weighted by molar-refractivity contribution is 5.46. The van der Waals surface area contributed by atoms with Crippen molar-refractivity contribution in [1.29, 1.82) is 0 Å². The number of aromatic hydroxyl groups is 1. The lowest BCUT2D eigenvalue weighted by Gasteiger charge is -2.06. The summed E-state index contributed by atoms with van der Waals surface area (Å²) < 4.78 is 1.84. The van der Waals surface area contributed by atoms with Gasteiger partial charge < -0.3 is 9.67 Å². The molecule has 1 aromatic heterocycles. The van der Waals surface area contributed by atoms with Gasteiger partial charge in [-0.25, -0.2) is 4.98 Å². The lowest BCUT2D eigenvalue weighted by atomic mass is 10.3. The fourth-order valence-corrected chi connectivity index (χ4v) is 1.30. The molecule has 2 rings (SSSR count). The summed E-state index contributed by atoms with van der Waals surface area (Å²) in [6.07, 6.45) is 3.53. The Morgan fingerprint density at radius 2 is 2.08 bits per heavy atom. The Balaban J connectivity index is 2.59. The fourth-order valence-electron chi connectivity index (χ4n) is 1.30. The Morgan fingerprint density at radius 1 is 1.31 bits per heavy atom. The third kappa shape index (κ3) is 1.28. The van der Waals surface area contributed by atoms with Crippen molar-refractivity contribution in [3.8, 4) is 11.4 Å². The minimum atomic E-state index is 0.267. The standard InChI is InChI=1S/C10H10N2O/c1-8-11-6-7-12(8)9-4-2-3-5-10(9)13/h2-7,13H,1H3. The van der Waals surface area contributed by atoms with Crippen molar-refractivity contribution in [2.75, 3.05) is 0 Å². The van der Waals surface area contributed by atoms with E-state index in [0.29, 0.717) is 0 Å². The van der Waals surface area contributed by atoms with Gasteiger partial charge in [-0.05, 0) is 19.1 Å². The van der Waals surface area contributed by atoms with Crippen molar-refractivity contribution in [1.82, 2.24) is 9.55 Å². The van der Waals surface area contributed by atoms with Crippen LogP contribution in [0.15, 0.2) is 36.7 Å². The van der Waals surface area contributed by atoms with E-state index in [4.69, 9.17) is 0 Å². The first-order chi connectivity index (χ1) is 6.29. The highest BCUT2D eigenvalue weighted by Crippen LogP contribution is 2.21. The Bertz CT molecular complexity index is 420. The molecule has 0 unspecified atom stereocenters. The number of hydrogen-bond donors (Lipinski definition) is 1. The van der Waals surface area contributed by atoms with E-state index in [-0.39, 0.29) is 5.75 Å². The van der Waals surface area contributed by atoms with Crippen molar-refractivity contribution >= 4 is 0 Å². The predicted octanol–water partition coefficient (Wildman–Crippen LogP) is 1.89. The molecule has 1 aromatic carbocycles. The molecule has 66 valence electrons. The highest BCUT2D eigenvalue weighted by Gasteiger charge is 2.03. The molecule has 0 bridgehead atoms. The molecule has 0 saturated heterocycles. The lowest BCUT2D eigenvalue weighted by Crippen LogP contribution is -1.95. The van der Waals surface area contributed by atoms with E-state index in [0.717, 1.165) is 11.5 Å². The molecule has 0 aliphatic heterocycles. The van der Waals surface area contributed by atoms with Crippen LogP contribution in [-0.2, 0) is 0 Å². The molecule has 0 aliphatic rings. The molecule has 0 saturated carbocycles. The van der Waals surface area contributed by atoms with E-state index < -0.39 is 0 Å². The minimum absolute atomic E-state index is 0.267. The molecule has 2 aromatic rings. The number of rotatable bonds is 1. The zero-order valence-corrected chi connectivity index (χ0v) is 7.31. The van der Waals surface area contributed by atoms with Gasteiger partial charge in [0.1, 0.15) is 11.6 Å². The SMILES string of the molecule is Cc1nccn1-c1ccccc1O. The number of imidazole rings is 1. The summed E-state index contributed by atoms with van der Waals surface area (Å²) in [5.41, 5.74) is 0.762. The maximum Gasteiger partial charge on any atom is 0.139 e. The summed E-state index contributed by atoms with van der Waals surface area (Å²) in [4.78, 5) is 4.09. The zero-order chi connectivity index (χ0) is 9.26. The van der Waals surface area contributed by atoms with Crippen LogP contribution in [0, 0.1) is 6.92 Å². The van der Waals surface area contributed by atoms with Crippen LogP contribution in [0.2, 0.25) is 0 Å². The van der Waals surface area contributed by atoms with Crippen LogP contribution >= 0.6 is 0 Å². The van der Waals surface area contributed by atoms with Gasteiger partial charge in [-0.3, -0.25) is 0 Å². The third-order valence-electron chi connectivity index (χ3n) is 1.97. The van der Waals surface area contributed by atoms with E-state index in [1.165, 1.54) is 0 Å². The molecule has 3 heteroatoms. The summed E-state index contributed by atoms with van der Waals surface area (Å²) in [6.45, 7) is 1.90. The molecule has 1 N–H and O–H groups in total. The second-order valence-electron chi connectivity index (χ2n) is 2.83. The number of para-hydroxylation sites is 2. The van der Waals surface area contributed by atoms with E-state index in [2.05, 4.69) is 4.98 Å². The molecule has 0 fully saturated rings. The Hall–Kier alpha value is -1.77. The van der Waals surface area contributed by atoms with Crippen molar-refractivity contribution in [3.05, 3.63) is 42.5 Å². The largest absolute Gasteiger partial charge is 0.506 e. The van der Waals surface area contributed by atoms with Crippen LogP contribution in [0.3, 0.4) is 0 Å². The van der Waals surface area contributed by atoms with Gasteiger partial charge in [0, 0.05) is 12.4 Å². The van der Waals surface area contributed by atoms with Gasteiger partial charge in [-0.1, -0.05) is 12.1 Å². The van der Waals surface area contributed by atoms with Crippen LogP contribution in [0.1, 0.15) is 5.82 Å². The number of aryl methyl sites for hydroxylation is 1. The first-order valence-corrected chi connectivity index (χ1v) is 4.07. The highest BCUT2D eigenvalue weighted by atomic mass is 16.3. The maximum absolute atomic E-state index is 9.56. The summed E-state index contributed by atoms with van der Waals surface area (Å²) in [5, 5.41) is 9.56. The smallest absolute Gasteiger partial charge is 0.139 e. The molecule has 1 heterocycles. The number of phenols is 1. The number of aromatic nitrogens is 2. The summed E-state index contributed by atoms with van der Waals surface area (Å²) in [7, 11) is 0. The third-order valence-corrected chi connectivity index (χ3v) is 1.97. The average Bonchev–Trinajstić information content (AvgIpc) is 2.52. The van der Waals surface area contributed by atoms with Crippen LogP contribution in [0.25, 0.3) is 5.69 Å². The van der Waals surface area contributed by atoms with Gasteiger partial charge in [0.15, 0.2) is 0 Å². The molecule has 0 amide bonds. The van der Waals surface area contributed by atoms with Crippen molar-refractivity contribution < 1.29 is 5.11 Å². The van der Waals surface area contributed by atoms with Gasteiger partial charge in [0.25, 0.3) is 0 Å². The van der Waals surface area contributed by atoms with Crippen molar-refractivity contribution in [2.45, 2.75) is 6.92 Å². The first kappa shape index (κ1) is 7.86. The number of benzene rings is 1. The molecular weight excluding hydrogens is 164 g/mol. The minimum Gasteiger partial charge on any atom is -0.506 e. The van der Waals surface area contributed by atoms with Crippen LogP contribution in [0.5, 0.6) is 5.75 Å².